The van der Waals surface area contributed by atoms with Crippen LogP contribution in [-0.4, -0.2) is 28.3 Å². The van der Waals surface area contributed by atoms with Crippen molar-refractivity contribution in [3.8, 4) is 0 Å². The molecule has 3 nitrogen and oxygen atoms in total. The fourth-order valence-corrected chi connectivity index (χ4v) is 3.97. The summed E-state index contributed by atoms with van der Waals surface area (Å²) in [6.45, 7) is 0.898. The molecule has 1 saturated heterocycles. The molecule has 2 heterocycles. The summed E-state index contributed by atoms with van der Waals surface area (Å²) in [7, 11) is 0. The van der Waals surface area contributed by atoms with E-state index in [2.05, 4.69) is 10.3 Å². The van der Waals surface area contributed by atoms with Crippen LogP contribution in [0.15, 0.2) is 18.3 Å². The van der Waals surface area contributed by atoms with Gasteiger partial charge in [0.1, 0.15) is 5.15 Å². The molecule has 2 aliphatic rings. The van der Waals surface area contributed by atoms with E-state index in [0.29, 0.717) is 17.1 Å². The molecule has 0 amide bonds. The lowest BCUT2D eigenvalue weighted by Gasteiger charge is -2.48. The molecule has 3 rings (SSSR count). The SMILES string of the molecule is OC12CCCCC1C(Cc1cccnc1Cl)NCC2. The molecule has 1 saturated carbocycles. The number of rotatable bonds is 2. The number of hydrogen-bond acceptors (Lipinski definition) is 3. The lowest BCUT2D eigenvalue weighted by molar-refractivity contribution is -0.0850. The molecule has 0 spiro atoms. The first-order valence-corrected chi connectivity index (χ1v) is 7.62. The highest BCUT2D eigenvalue weighted by atomic mass is 35.5. The fourth-order valence-electron chi connectivity index (χ4n) is 3.77. The van der Waals surface area contributed by atoms with Crippen molar-refractivity contribution in [3.05, 3.63) is 29.0 Å². The zero-order chi connectivity index (χ0) is 13.3. The molecule has 0 radical (unpaired) electrons. The first-order valence-electron chi connectivity index (χ1n) is 7.24. The van der Waals surface area contributed by atoms with Gasteiger partial charge in [-0.15, -0.1) is 0 Å². The highest BCUT2D eigenvalue weighted by molar-refractivity contribution is 6.30. The van der Waals surface area contributed by atoms with Crippen molar-refractivity contribution in [3.63, 3.8) is 0 Å². The van der Waals surface area contributed by atoms with Crippen LogP contribution in [0, 0.1) is 5.92 Å². The summed E-state index contributed by atoms with van der Waals surface area (Å²) < 4.78 is 0. The molecular weight excluding hydrogens is 260 g/mol. The van der Waals surface area contributed by atoms with Crippen LogP contribution in [0.1, 0.15) is 37.7 Å². The first-order chi connectivity index (χ1) is 9.19. The molecule has 4 heteroatoms. The summed E-state index contributed by atoms with van der Waals surface area (Å²) >= 11 is 6.15. The van der Waals surface area contributed by atoms with Gasteiger partial charge in [0.15, 0.2) is 0 Å². The van der Waals surface area contributed by atoms with E-state index >= 15 is 0 Å². The van der Waals surface area contributed by atoms with E-state index < -0.39 is 5.60 Å². The van der Waals surface area contributed by atoms with E-state index in [1.54, 1.807) is 6.20 Å². The van der Waals surface area contributed by atoms with Crippen LogP contribution in [0.4, 0.5) is 0 Å². The van der Waals surface area contributed by atoms with Gasteiger partial charge in [-0.3, -0.25) is 0 Å². The minimum Gasteiger partial charge on any atom is -0.389 e. The summed E-state index contributed by atoms with van der Waals surface area (Å²) in [6.07, 6.45) is 7.92. The highest BCUT2D eigenvalue weighted by Gasteiger charge is 2.45. The van der Waals surface area contributed by atoms with Crippen molar-refractivity contribution in [2.75, 3.05) is 6.54 Å². The third-order valence-electron chi connectivity index (χ3n) is 4.79. The lowest BCUT2D eigenvalue weighted by atomic mass is 9.67. The van der Waals surface area contributed by atoms with Crippen molar-refractivity contribution < 1.29 is 5.11 Å². The van der Waals surface area contributed by atoms with Crippen LogP contribution in [-0.2, 0) is 6.42 Å². The number of nitrogens with one attached hydrogen (secondary N) is 1. The van der Waals surface area contributed by atoms with Gasteiger partial charge in [0.25, 0.3) is 0 Å². The van der Waals surface area contributed by atoms with Crippen molar-refractivity contribution in [1.29, 1.82) is 0 Å². The second kappa shape index (κ2) is 5.39. The molecule has 1 aliphatic carbocycles. The van der Waals surface area contributed by atoms with Crippen molar-refractivity contribution in [1.82, 2.24) is 10.3 Å². The van der Waals surface area contributed by atoms with Crippen LogP contribution in [0.25, 0.3) is 0 Å². The Morgan fingerprint density at radius 2 is 2.32 bits per heavy atom. The van der Waals surface area contributed by atoms with E-state index in [4.69, 9.17) is 11.6 Å². The normalized spacial score (nSPS) is 34.8. The van der Waals surface area contributed by atoms with Crippen LogP contribution >= 0.6 is 11.6 Å². The molecule has 0 aromatic carbocycles. The fraction of sp³-hybridized carbons (Fsp3) is 0.667. The van der Waals surface area contributed by atoms with E-state index in [0.717, 1.165) is 44.2 Å². The van der Waals surface area contributed by atoms with Crippen LogP contribution in [0.2, 0.25) is 5.15 Å². The number of hydrogen-bond donors (Lipinski definition) is 2. The molecule has 1 aromatic heterocycles. The van der Waals surface area contributed by atoms with Gasteiger partial charge in [-0.25, -0.2) is 4.98 Å². The number of piperidine rings is 1. The monoisotopic (exact) mass is 280 g/mol. The molecule has 1 aromatic rings. The van der Waals surface area contributed by atoms with E-state index in [1.165, 1.54) is 6.42 Å². The van der Waals surface area contributed by atoms with Crippen molar-refractivity contribution >= 4 is 11.6 Å². The average molecular weight is 281 g/mol. The van der Waals surface area contributed by atoms with E-state index in [-0.39, 0.29) is 0 Å². The third kappa shape index (κ3) is 2.64. The summed E-state index contributed by atoms with van der Waals surface area (Å²) in [5.41, 5.74) is 0.625. The summed E-state index contributed by atoms with van der Waals surface area (Å²) in [4.78, 5) is 4.14. The minimum absolute atomic E-state index is 0.320. The van der Waals surface area contributed by atoms with Crippen LogP contribution < -0.4 is 5.32 Å². The zero-order valence-corrected chi connectivity index (χ0v) is 11.9. The predicted molar refractivity (Wildman–Crippen MR) is 76.3 cm³/mol. The maximum absolute atomic E-state index is 10.8. The number of aliphatic hydroxyl groups is 1. The van der Waals surface area contributed by atoms with Gasteiger partial charge in [-0.05, 0) is 43.9 Å². The second-order valence-corrected chi connectivity index (χ2v) is 6.28. The Morgan fingerprint density at radius 1 is 1.42 bits per heavy atom. The minimum atomic E-state index is -0.456. The lowest BCUT2D eigenvalue weighted by Crippen LogP contribution is -2.58. The maximum atomic E-state index is 10.8. The van der Waals surface area contributed by atoms with Gasteiger partial charge in [0.05, 0.1) is 5.60 Å². The Hall–Kier alpha value is -0.640. The van der Waals surface area contributed by atoms with Gasteiger partial charge in [-0.1, -0.05) is 30.5 Å². The van der Waals surface area contributed by atoms with Crippen molar-refractivity contribution in [2.45, 2.75) is 50.2 Å². The van der Waals surface area contributed by atoms with Crippen molar-refractivity contribution in [2.24, 2.45) is 5.92 Å². The summed E-state index contributed by atoms with van der Waals surface area (Å²) in [6, 6.07) is 4.28. The molecule has 1 aliphatic heterocycles. The van der Waals surface area contributed by atoms with Gasteiger partial charge in [0.2, 0.25) is 0 Å². The number of aromatic nitrogens is 1. The van der Waals surface area contributed by atoms with Gasteiger partial charge >= 0.3 is 0 Å². The molecule has 104 valence electrons. The number of nitrogens with zero attached hydrogens (tertiary/aromatic N) is 1. The van der Waals surface area contributed by atoms with Crippen LogP contribution in [0.3, 0.4) is 0 Å². The smallest absolute Gasteiger partial charge is 0.132 e. The standard InChI is InChI=1S/C15H21ClN2O/c16-14-11(4-3-8-18-14)10-13-12-5-1-2-6-15(12,19)7-9-17-13/h3-4,8,12-13,17,19H,1-2,5-7,9-10H2. The first kappa shape index (κ1) is 13.3. The molecule has 19 heavy (non-hydrogen) atoms. The number of pyridine rings is 1. The van der Waals surface area contributed by atoms with Gasteiger partial charge in [-0.2, -0.15) is 0 Å². The molecule has 3 unspecified atom stereocenters. The number of halogens is 1. The molecule has 2 N–H and O–H groups in total. The molecular formula is C15H21ClN2O. The number of fused-ring (bicyclic) bond motifs is 1. The largest absolute Gasteiger partial charge is 0.389 e. The summed E-state index contributed by atoms with van der Waals surface area (Å²) in [5, 5.41) is 15.0. The third-order valence-corrected chi connectivity index (χ3v) is 5.13. The highest BCUT2D eigenvalue weighted by Crippen LogP contribution is 2.41. The quantitative estimate of drug-likeness (QED) is 0.819. The Balaban J connectivity index is 1.78. The average Bonchev–Trinajstić information content (AvgIpc) is 2.41. The topological polar surface area (TPSA) is 45.2 Å². The molecule has 3 atom stereocenters. The maximum Gasteiger partial charge on any atom is 0.132 e. The summed E-state index contributed by atoms with van der Waals surface area (Å²) in [5.74, 6) is 0.353. The zero-order valence-electron chi connectivity index (χ0n) is 11.1. The predicted octanol–water partition coefficient (Wildman–Crippen LogP) is 2.56. The molecule has 2 fully saturated rings. The van der Waals surface area contributed by atoms with Crippen LogP contribution in [0.5, 0.6) is 0 Å². The van der Waals surface area contributed by atoms with E-state index in [9.17, 15) is 5.11 Å². The Kier molecular flexibility index (Phi) is 3.79. The Labute approximate surface area is 119 Å². The van der Waals surface area contributed by atoms with E-state index in [1.807, 2.05) is 12.1 Å². The van der Waals surface area contributed by atoms with Gasteiger partial charge in [0, 0.05) is 18.2 Å². The Bertz CT molecular complexity index is 450. The molecule has 0 bridgehead atoms. The Morgan fingerprint density at radius 3 is 3.16 bits per heavy atom. The second-order valence-electron chi connectivity index (χ2n) is 5.92. The van der Waals surface area contributed by atoms with Gasteiger partial charge < -0.3 is 10.4 Å².